The summed E-state index contributed by atoms with van der Waals surface area (Å²) in [4.78, 5) is 9.86. The van der Waals surface area contributed by atoms with Gasteiger partial charge in [-0.1, -0.05) is 6.07 Å². The molecule has 9 heteroatoms. The number of rotatable bonds is 8. The number of nitrogens with zero attached hydrogens (tertiary/aromatic N) is 2. The van der Waals surface area contributed by atoms with Crippen molar-refractivity contribution < 1.29 is 18.3 Å². The van der Waals surface area contributed by atoms with Crippen LogP contribution in [0.5, 0.6) is 11.5 Å². The zero-order chi connectivity index (χ0) is 19.8. The van der Waals surface area contributed by atoms with Gasteiger partial charge in [-0.25, -0.2) is 4.98 Å². The molecular formula is C18H24F2N4O2S. The zero-order valence-corrected chi connectivity index (χ0v) is 16.6. The number of guanidine groups is 1. The highest BCUT2D eigenvalue weighted by atomic mass is 32.1. The van der Waals surface area contributed by atoms with E-state index in [1.165, 1.54) is 12.0 Å². The highest BCUT2D eigenvalue weighted by Gasteiger charge is 2.11. The number of halogens is 2. The SMILES string of the molecule is CN=C(NCCc1ccc(OC)c(OC(F)F)c1)NCc1nc(C)c(C)s1. The third-order valence-corrected chi connectivity index (χ3v) is 4.93. The van der Waals surface area contributed by atoms with Crippen LogP contribution in [0.2, 0.25) is 0 Å². The lowest BCUT2D eigenvalue weighted by Crippen LogP contribution is -2.37. The highest BCUT2D eigenvalue weighted by Crippen LogP contribution is 2.29. The summed E-state index contributed by atoms with van der Waals surface area (Å²) >= 11 is 1.65. The summed E-state index contributed by atoms with van der Waals surface area (Å²) in [5.41, 5.74) is 1.89. The summed E-state index contributed by atoms with van der Waals surface area (Å²) in [6, 6.07) is 4.99. The van der Waals surface area contributed by atoms with Crippen LogP contribution in [-0.4, -0.2) is 38.3 Å². The van der Waals surface area contributed by atoms with Gasteiger partial charge in [0.2, 0.25) is 0 Å². The molecule has 0 spiro atoms. The van der Waals surface area contributed by atoms with Crippen LogP contribution in [0.4, 0.5) is 8.78 Å². The summed E-state index contributed by atoms with van der Waals surface area (Å²) in [5, 5.41) is 7.40. The molecule has 0 aliphatic heterocycles. The average Bonchev–Trinajstić information content (AvgIpc) is 2.95. The van der Waals surface area contributed by atoms with Crippen molar-refractivity contribution in [2.45, 2.75) is 33.4 Å². The summed E-state index contributed by atoms with van der Waals surface area (Å²) in [6.07, 6.45) is 0.611. The van der Waals surface area contributed by atoms with Gasteiger partial charge in [0.25, 0.3) is 0 Å². The topological polar surface area (TPSA) is 67.8 Å². The van der Waals surface area contributed by atoms with Gasteiger partial charge >= 0.3 is 6.61 Å². The number of ether oxygens (including phenoxy) is 2. The molecule has 2 N–H and O–H groups in total. The van der Waals surface area contributed by atoms with Crippen LogP contribution in [0, 0.1) is 13.8 Å². The van der Waals surface area contributed by atoms with Crippen molar-refractivity contribution in [1.82, 2.24) is 15.6 Å². The van der Waals surface area contributed by atoms with E-state index < -0.39 is 6.61 Å². The molecule has 148 valence electrons. The Morgan fingerprint density at radius 1 is 1.26 bits per heavy atom. The van der Waals surface area contributed by atoms with E-state index in [1.54, 1.807) is 30.5 Å². The number of methoxy groups -OCH3 is 1. The van der Waals surface area contributed by atoms with E-state index in [1.807, 2.05) is 19.9 Å². The molecule has 0 radical (unpaired) electrons. The molecule has 0 amide bonds. The lowest BCUT2D eigenvalue weighted by atomic mass is 10.1. The number of hydrogen-bond acceptors (Lipinski definition) is 5. The van der Waals surface area contributed by atoms with Gasteiger partial charge in [-0.2, -0.15) is 8.78 Å². The molecule has 0 aliphatic carbocycles. The molecule has 0 unspecified atom stereocenters. The number of thiazole rings is 1. The molecule has 1 heterocycles. The van der Waals surface area contributed by atoms with Gasteiger partial charge in [0.1, 0.15) is 5.01 Å². The summed E-state index contributed by atoms with van der Waals surface area (Å²) in [7, 11) is 3.10. The second kappa shape index (κ2) is 10.1. The Morgan fingerprint density at radius 3 is 2.63 bits per heavy atom. The Kier molecular flexibility index (Phi) is 7.78. The molecule has 0 aliphatic rings. The molecule has 1 aromatic carbocycles. The first-order valence-corrected chi connectivity index (χ1v) is 9.23. The van der Waals surface area contributed by atoms with Crippen molar-refractivity contribution in [3.8, 4) is 11.5 Å². The van der Waals surface area contributed by atoms with Crippen LogP contribution in [-0.2, 0) is 13.0 Å². The largest absolute Gasteiger partial charge is 0.493 e. The van der Waals surface area contributed by atoms with E-state index in [2.05, 4.69) is 25.3 Å². The van der Waals surface area contributed by atoms with Crippen molar-refractivity contribution in [1.29, 1.82) is 0 Å². The van der Waals surface area contributed by atoms with E-state index in [0.29, 0.717) is 25.5 Å². The first-order valence-electron chi connectivity index (χ1n) is 8.42. The number of nitrogens with one attached hydrogen (secondary N) is 2. The van der Waals surface area contributed by atoms with Crippen molar-refractivity contribution in [2.24, 2.45) is 4.99 Å². The third-order valence-electron chi connectivity index (χ3n) is 3.85. The minimum atomic E-state index is -2.89. The lowest BCUT2D eigenvalue weighted by molar-refractivity contribution is -0.0512. The second-order valence-electron chi connectivity index (χ2n) is 5.72. The van der Waals surface area contributed by atoms with Gasteiger partial charge in [-0.05, 0) is 38.0 Å². The predicted molar refractivity (Wildman–Crippen MR) is 103 cm³/mol. The van der Waals surface area contributed by atoms with Crippen LogP contribution in [0.15, 0.2) is 23.2 Å². The molecule has 0 saturated heterocycles. The molecule has 1 aromatic heterocycles. The Hall–Kier alpha value is -2.42. The molecule has 6 nitrogen and oxygen atoms in total. The molecule has 0 bridgehead atoms. The van der Waals surface area contributed by atoms with E-state index in [9.17, 15) is 8.78 Å². The summed E-state index contributed by atoms with van der Waals surface area (Å²) < 4.78 is 34.6. The Morgan fingerprint density at radius 2 is 2.04 bits per heavy atom. The molecule has 0 fully saturated rings. The monoisotopic (exact) mass is 398 g/mol. The van der Waals surface area contributed by atoms with Crippen molar-refractivity contribution in [3.63, 3.8) is 0 Å². The van der Waals surface area contributed by atoms with Gasteiger partial charge in [0.05, 0.1) is 19.3 Å². The number of benzene rings is 1. The standard InChI is InChI=1S/C18H24F2N4O2S/c1-11-12(2)27-16(24-11)10-23-18(21-3)22-8-7-13-5-6-14(25-4)15(9-13)26-17(19)20/h5-6,9,17H,7-8,10H2,1-4H3,(H2,21,22,23). The molecule has 0 saturated carbocycles. The molecule has 2 aromatic rings. The Balaban J connectivity index is 1.86. The normalized spacial score (nSPS) is 11.6. The quantitative estimate of drug-likeness (QED) is 0.528. The Labute approximate surface area is 161 Å². The van der Waals surface area contributed by atoms with Crippen molar-refractivity contribution in [3.05, 3.63) is 39.3 Å². The lowest BCUT2D eigenvalue weighted by Gasteiger charge is -2.13. The van der Waals surface area contributed by atoms with Gasteiger partial charge in [-0.3, -0.25) is 4.99 Å². The van der Waals surface area contributed by atoms with Crippen LogP contribution in [0.25, 0.3) is 0 Å². The fourth-order valence-corrected chi connectivity index (χ4v) is 3.26. The molecular weight excluding hydrogens is 374 g/mol. The van der Waals surface area contributed by atoms with Gasteiger partial charge < -0.3 is 20.1 Å². The fourth-order valence-electron chi connectivity index (χ4n) is 2.38. The number of alkyl halides is 2. The average molecular weight is 398 g/mol. The summed E-state index contributed by atoms with van der Waals surface area (Å²) in [5.74, 6) is 0.957. The third kappa shape index (κ3) is 6.35. The van der Waals surface area contributed by atoms with Gasteiger partial charge in [-0.15, -0.1) is 11.3 Å². The van der Waals surface area contributed by atoms with E-state index in [0.717, 1.165) is 16.3 Å². The van der Waals surface area contributed by atoms with Crippen LogP contribution >= 0.6 is 11.3 Å². The molecule has 27 heavy (non-hydrogen) atoms. The number of aryl methyl sites for hydroxylation is 2. The van der Waals surface area contributed by atoms with E-state index >= 15 is 0 Å². The minimum Gasteiger partial charge on any atom is -0.493 e. The van der Waals surface area contributed by atoms with Crippen LogP contribution in [0.3, 0.4) is 0 Å². The maximum Gasteiger partial charge on any atom is 0.387 e. The smallest absolute Gasteiger partial charge is 0.387 e. The molecule has 0 atom stereocenters. The van der Waals surface area contributed by atoms with Gasteiger partial charge in [0.15, 0.2) is 17.5 Å². The zero-order valence-electron chi connectivity index (χ0n) is 15.8. The number of aliphatic imine (C=N–C) groups is 1. The second-order valence-corrected chi connectivity index (χ2v) is 7.00. The maximum absolute atomic E-state index is 12.5. The Bertz CT molecular complexity index is 761. The van der Waals surface area contributed by atoms with Crippen LogP contribution < -0.4 is 20.1 Å². The van der Waals surface area contributed by atoms with Crippen molar-refractivity contribution in [2.75, 3.05) is 20.7 Å². The predicted octanol–water partition coefficient (Wildman–Crippen LogP) is 3.28. The first kappa shape index (κ1) is 20.9. The van der Waals surface area contributed by atoms with Gasteiger partial charge in [0, 0.05) is 18.5 Å². The maximum atomic E-state index is 12.5. The fraction of sp³-hybridized carbons (Fsp3) is 0.444. The summed E-state index contributed by atoms with van der Waals surface area (Å²) in [6.45, 7) is 2.31. The van der Waals surface area contributed by atoms with Crippen LogP contribution in [0.1, 0.15) is 21.1 Å². The first-order chi connectivity index (χ1) is 12.9. The highest BCUT2D eigenvalue weighted by molar-refractivity contribution is 7.11. The molecule has 2 rings (SSSR count). The van der Waals surface area contributed by atoms with E-state index in [4.69, 9.17) is 4.74 Å². The number of aromatic nitrogens is 1. The number of hydrogen-bond donors (Lipinski definition) is 2. The van der Waals surface area contributed by atoms with Crippen molar-refractivity contribution >= 4 is 17.3 Å². The minimum absolute atomic E-state index is 0.0296. The van der Waals surface area contributed by atoms with E-state index in [-0.39, 0.29) is 11.5 Å².